The van der Waals surface area contributed by atoms with Gasteiger partial charge in [0.1, 0.15) is 17.5 Å². The highest BCUT2D eigenvalue weighted by atomic mass is 35.5. The Balaban J connectivity index is 2.21. The third-order valence-electron chi connectivity index (χ3n) is 1.86. The molecule has 0 spiro atoms. The van der Waals surface area contributed by atoms with Gasteiger partial charge in [-0.2, -0.15) is 10.2 Å². The van der Waals surface area contributed by atoms with Crippen molar-refractivity contribution in [2.75, 3.05) is 18.5 Å². The maximum absolute atomic E-state index is 8.77. The van der Waals surface area contributed by atoms with Crippen LogP contribution in [0.25, 0.3) is 0 Å². The number of ether oxygens (including phenoxy) is 1. The lowest BCUT2D eigenvalue weighted by Gasteiger charge is -2.27. The molecule has 0 amide bonds. The molecule has 0 saturated carbocycles. The van der Waals surface area contributed by atoms with Crippen molar-refractivity contribution in [1.29, 1.82) is 5.26 Å². The third kappa shape index (κ3) is 1.76. The molecule has 0 atom stereocenters. The van der Waals surface area contributed by atoms with Crippen molar-refractivity contribution in [1.82, 2.24) is 9.97 Å². The van der Waals surface area contributed by atoms with Gasteiger partial charge in [0.05, 0.1) is 25.5 Å². The summed E-state index contributed by atoms with van der Waals surface area (Å²) < 4.78 is 4.99. The highest BCUT2D eigenvalue weighted by molar-refractivity contribution is 6.28. The van der Waals surface area contributed by atoms with E-state index >= 15 is 0 Å². The van der Waals surface area contributed by atoms with Crippen LogP contribution in [0.2, 0.25) is 5.28 Å². The van der Waals surface area contributed by atoms with Crippen LogP contribution in [-0.4, -0.2) is 29.2 Å². The number of halogens is 1. The van der Waals surface area contributed by atoms with Crippen LogP contribution in [0.3, 0.4) is 0 Å². The molecule has 0 aliphatic carbocycles. The molecule has 1 aromatic rings. The van der Waals surface area contributed by atoms with Crippen LogP contribution in [0, 0.1) is 11.3 Å². The number of hydrogen-bond donors (Lipinski definition) is 1. The van der Waals surface area contributed by atoms with E-state index < -0.39 is 0 Å². The molecule has 1 aromatic heterocycles. The van der Waals surface area contributed by atoms with Crippen LogP contribution >= 0.6 is 11.6 Å². The van der Waals surface area contributed by atoms with E-state index in [0.717, 1.165) is 0 Å². The van der Waals surface area contributed by atoms with Gasteiger partial charge in [-0.3, -0.25) is 0 Å². The summed E-state index contributed by atoms with van der Waals surface area (Å²) in [6.07, 6.45) is 1.40. The molecular formula is C8H7ClN4O. The topological polar surface area (TPSA) is 70.8 Å². The third-order valence-corrected chi connectivity index (χ3v) is 2.04. The minimum absolute atomic E-state index is 0.131. The Morgan fingerprint density at radius 3 is 3.00 bits per heavy atom. The number of hydrogen-bond acceptors (Lipinski definition) is 5. The van der Waals surface area contributed by atoms with E-state index in [-0.39, 0.29) is 11.3 Å². The molecular weight excluding hydrogens is 204 g/mol. The second kappa shape index (κ2) is 3.78. The minimum atomic E-state index is 0.131. The Hall–Kier alpha value is -1.38. The summed E-state index contributed by atoms with van der Waals surface area (Å²) in [5, 5.41) is 12.0. The number of nitriles is 1. The van der Waals surface area contributed by atoms with E-state index in [4.69, 9.17) is 21.6 Å². The van der Waals surface area contributed by atoms with Gasteiger partial charge in [-0.05, 0) is 11.6 Å². The maximum atomic E-state index is 8.77. The molecule has 1 saturated heterocycles. The van der Waals surface area contributed by atoms with Crippen molar-refractivity contribution in [2.24, 2.45) is 0 Å². The summed E-state index contributed by atoms with van der Waals surface area (Å²) in [4.78, 5) is 7.65. The second-order valence-electron chi connectivity index (χ2n) is 2.89. The molecule has 14 heavy (non-hydrogen) atoms. The molecule has 0 radical (unpaired) electrons. The highest BCUT2D eigenvalue weighted by Crippen LogP contribution is 2.16. The zero-order chi connectivity index (χ0) is 9.97. The second-order valence-corrected chi connectivity index (χ2v) is 3.23. The Morgan fingerprint density at radius 1 is 1.64 bits per heavy atom. The smallest absolute Gasteiger partial charge is 0.224 e. The van der Waals surface area contributed by atoms with E-state index in [1.54, 1.807) is 0 Å². The van der Waals surface area contributed by atoms with Gasteiger partial charge in [0.25, 0.3) is 0 Å². The van der Waals surface area contributed by atoms with Gasteiger partial charge in [-0.15, -0.1) is 0 Å². The molecule has 1 aliphatic rings. The Bertz CT molecular complexity index is 385. The molecule has 1 N–H and O–H groups in total. The minimum Gasteiger partial charge on any atom is -0.377 e. The largest absolute Gasteiger partial charge is 0.377 e. The number of nitrogens with one attached hydrogen (secondary N) is 1. The monoisotopic (exact) mass is 210 g/mol. The van der Waals surface area contributed by atoms with Crippen LogP contribution < -0.4 is 5.32 Å². The summed E-state index contributed by atoms with van der Waals surface area (Å²) in [6, 6.07) is 2.21. The molecule has 72 valence electrons. The first-order valence-corrected chi connectivity index (χ1v) is 4.44. The lowest BCUT2D eigenvalue weighted by atomic mass is 10.2. The van der Waals surface area contributed by atoms with Crippen LogP contribution in [0.1, 0.15) is 5.56 Å². The molecule has 6 heteroatoms. The van der Waals surface area contributed by atoms with Crippen molar-refractivity contribution in [3.63, 3.8) is 0 Å². The molecule has 5 nitrogen and oxygen atoms in total. The molecule has 0 unspecified atom stereocenters. The van der Waals surface area contributed by atoms with Crippen LogP contribution in [0.5, 0.6) is 0 Å². The summed E-state index contributed by atoms with van der Waals surface area (Å²) >= 11 is 5.62. The van der Waals surface area contributed by atoms with E-state index in [9.17, 15) is 0 Å². The fraction of sp³-hybridized carbons (Fsp3) is 0.375. The molecule has 0 bridgehead atoms. The number of rotatable bonds is 2. The summed E-state index contributed by atoms with van der Waals surface area (Å²) in [6.45, 7) is 1.26. The summed E-state index contributed by atoms with van der Waals surface area (Å²) in [5.41, 5.74) is 0.390. The zero-order valence-electron chi connectivity index (χ0n) is 7.20. The molecule has 0 aromatic carbocycles. The highest BCUT2D eigenvalue weighted by Gasteiger charge is 2.20. The molecule has 1 aliphatic heterocycles. The average Bonchev–Trinajstić information content (AvgIpc) is 2.12. The van der Waals surface area contributed by atoms with Gasteiger partial charge in [0.2, 0.25) is 5.28 Å². The van der Waals surface area contributed by atoms with Crippen molar-refractivity contribution >= 4 is 17.4 Å². The van der Waals surface area contributed by atoms with E-state index in [0.29, 0.717) is 24.6 Å². The zero-order valence-corrected chi connectivity index (χ0v) is 7.95. The molecule has 1 fully saturated rings. The van der Waals surface area contributed by atoms with E-state index in [2.05, 4.69) is 15.3 Å². The SMILES string of the molecule is N#Cc1cnc(Cl)nc1NC1COC1. The Kier molecular flexibility index (Phi) is 2.48. The lowest BCUT2D eigenvalue weighted by Crippen LogP contribution is -2.40. The maximum Gasteiger partial charge on any atom is 0.224 e. The van der Waals surface area contributed by atoms with Crippen LogP contribution in [0.4, 0.5) is 5.82 Å². The van der Waals surface area contributed by atoms with Gasteiger partial charge in [-0.1, -0.05) is 0 Å². The lowest BCUT2D eigenvalue weighted by molar-refractivity contribution is 0.0209. The summed E-state index contributed by atoms with van der Waals surface area (Å²) in [5.74, 6) is 0.473. The standard InChI is InChI=1S/C8H7ClN4O/c9-8-11-2-5(1-10)7(13-8)12-6-3-14-4-6/h2,6H,3-4H2,(H,11,12,13). The average molecular weight is 211 g/mol. The van der Waals surface area contributed by atoms with Gasteiger partial charge < -0.3 is 10.1 Å². The fourth-order valence-electron chi connectivity index (χ4n) is 1.06. The van der Waals surface area contributed by atoms with Crippen LogP contribution in [-0.2, 0) is 4.74 Å². The molecule has 2 heterocycles. The van der Waals surface area contributed by atoms with E-state index in [1.165, 1.54) is 6.20 Å². The Labute approximate surface area is 85.7 Å². The number of anilines is 1. The number of aromatic nitrogens is 2. The summed E-state index contributed by atoms with van der Waals surface area (Å²) in [7, 11) is 0. The fourth-order valence-corrected chi connectivity index (χ4v) is 1.20. The van der Waals surface area contributed by atoms with Gasteiger partial charge in [0, 0.05) is 0 Å². The first-order valence-electron chi connectivity index (χ1n) is 4.06. The van der Waals surface area contributed by atoms with Gasteiger partial charge >= 0.3 is 0 Å². The van der Waals surface area contributed by atoms with Gasteiger partial charge in [-0.25, -0.2) is 4.98 Å². The van der Waals surface area contributed by atoms with Crippen molar-refractivity contribution in [3.8, 4) is 6.07 Å². The first kappa shape index (κ1) is 9.19. The predicted octanol–water partition coefficient (Wildman–Crippen LogP) is 0.812. The van der Waals surface area contributed by atoms with Crippen molar-refractivity contribution in [3.05, 3.63) is 17.0 Å². The quantitative estimate of drug-likeness (QED) is 0.732. The Morgan fingerprint density at radius 2 is 2.43 bits per heavy atom. The number of nitrogens with zero attached hydrogens (tertiary/aromatic N) is 3. The first-order chi connectivity index (χ1) is 6.79. The van der Waals surface area contributed by atoms with Crippen molar-refractivity contribution in [2.45, 2.75) is 6.04 Å². The molecule has 2 rings (SSSR count). The van der Waals surface area contributed by atoms with Crippen LogP contribution in [0.15, 0.2) is 6.20 Å². The normalized spacial score (nSPS) is 15.7. The van der Waals surface area contributed by atoms with E-state index in [1.807, 2.05) is 6.07 Å². The predicted molar refractivity (Wildman–Crippen MR) is 50.0 cm³/mol. The van der Waals surface area contributed by atoms with Gasteiger partial charge in [0.15, 0.2) is 0 Å². The van der Waals surface area contributed by atoms with Crippen molar-refractivity contribution < 1.29 is 4.74 Å².